The number of anilines is 1. The summed E-state index contributed by atoms with van der Waals surface area (Å²) in [6.07, 6.45) is -4.56. The number of hydrogen-bond donors (Lipinski definition) is 1. The first-order valence-corrected chi connectivity index (χ1v) is 9.41. The second-order valence-electron chi connectivity index (χ2n) is 6.51. The number of aryl methyl sites for hydroxylation is 1. The molecule has 1 amide bonds. The molecular formula is C20H15BrF3N3O3. The maximum Gasteiger partial charge on any atom is 0.418 e. The molecule has 1 N–H and O–H groups in total. The highest BCUT2D eigenvalue weighted by Crippen LogP contribution is 2.35. The highest BCUT2D eigenvalue weighted by molar-refractivity contribution is 9.10. The average Bonchev–Trinajstić information content (AvgIpc) is 2.96. The molecule has 156 valence electrons. The van der Waals surface area contributed by atoms with E-state index in [0.717, 1.165) is 6.07 Å². The molecule has 10 heteroatoms. The van der Waals surface area contributed by atoms with E-state index in [4.69, 9.17) is 0 Å². The number of nitrogens with one attached hydrogen (secondary N) is 1. The standard InChI is InChI=1S/C20H15BrF3N3O3/c1-11-9-14(19(28)25-17-10-13(27(29)30)7-8-16(17)21)12(2)26(11)18-6-4-3-5-15(18)20(22,23)24/h3-10H,1-2H3,(H,25,28). The van der Waals surface area contributed by atoms with Gasteiger partial charge in [-0.05, 0) is 54.0 Å². The van der Waals surface area contributed by atoms with Gasteiger partial charge in [-0.15, -0.1) is 0 Å². The van der Waals surface area contributed by atoms with Crippen molar-refractivity contribution in [2.75, 3.05) is 5.32 Å². The van der Waals surface area contributed by atoms with Gasteiger partial charge < -0.3 is 9.88 Å². The number of nitro groups is 1. The van der Waals surface area contributed by atoms with Gasteiger partial charge in [0.1, 0.15) is 0 Å². The first kappa shape index (κ1) is 21.6. The van der Waals surface area contributed by atoms with E-state index in [1.807, 2.05) is 0 Å². The fraction of sp³-hybridized carbons (Fsp3) is 0.150. The van der Waals surface area contributed by atoms with Gasteiger partial charge in [0.25, 0.3) is 11.6 Å². The minimum Gasteiger partial charge on any atom is -0.321 e. The number of carbonyl (C=O) groups excluding carboxylic acids is 1. The van der Waals surface area contributed by atoms with Crippen LogP contribution in [0.15, 0.2) is 53.0 Å². The molecule has 30 heavy (non-hydrogen) atoms. The van der Waals surface area contributed by atoms with Crippen LogP contribution in [0, 0.1) is 24.0 Å². The zero-order valence-corrected chi connectivity index (χ0v) is 17.3. The molecule has 0 bridgehead atoms. The van der Waals surface area contributed by atoms with Crippen LogP contribution in [0.2, 0.25) is 0 Å². The summed E-state index contributed by atoms with van der Waals surface area (Å²) in [5.74, 6) is -0.597. The van der Waals surface area contributed by atoms with Gasteiger partial charge in [0.2, 0.25) is 0 Å². The lowest BCUT2D eigenvalue weighted by Gasteiger charge is -2.17. The third-order valence-corrected chi connectivity index (χ3v) is 5.23. The second kappa shape index (κ2) is 7.94. The zero-order valence-electron chi connectivity index (χ0n) is 15.7. The Balaban J connectivity index is 2.03. The second-order valence-corrected chi connectivity index (χ2v) is 7.36. The van der Waals surface area contributed by atoms with Crippen molar-refractivity contribution in [2.24, 2.45) is 0 Å². The fourth-order valence-electron chi connectivity index (χ4n) is 3.18. The Bertz CT molecular complexity index is 1160. The van der Waals surface area contributed by atoms with Crippen molar-refractivity contribution in [3.63, 3.8) is 0 Å². The van der Waals surface area contributed by atoms with E-state index in [-0.39, 0.29) is 22.6 Å². The first-order chi connectivity index (χ1) is 14.0. The van der Waals surface area contributed by atoms with E-state index >= 15 is 0 Å². The predicted molar refractivity (Wildman–Crippen MR) is 109 cm³/mol. The molecular weight excluding hydrogens is 467 g/mol. The van der Waals surface area contributed by atoms with Crippen LogP contribution >= 0.6 is 15.9 Å². The summed E-state index contributed by atoms with van der Waals surface area (Å²) < 4.78 is 42.1. The van der Waals surface area contributed by atoms with Crippen LogP contribution < -0.4 is 5.32 Å². The molecule has 0 saturated heterocycles. The van der Waals surface area contributed by atoms with Gasteiger partial charge in [0, 0.05) is 28.0 Å². The average molecular weight is 482 g/mol. The van der Waals surface area contributed by atoms with E-state index in [0.29, 0.717) is 15.9 Å². The first-order valence-electron chi connectivity index (χ1n) is 8.61. The maximum absolute atomic E-state index is 13.4. The third kappa shape index (κ3) is 4.09. The fourth-order valence-corrected chi connectivity index (χ4v) is 3.53. The molecule has 2 aromatic carbocycles. The van der Waals surface area contributed by atoms with Crippen LogP contribution in [0.25, 0.3) is 5.69 Å². The number of halogens is 4. The number of nitrogens with zero attached hydrogens (tertiary/aromatic N) is 2. The van der Waals surface area contributed by atoms with Crippen LogP contribution in [0.5, 0.6) is 0 Å². The lowest BCUT2D eigenvalue weighted by atomic mass is 10.1. The van der Waals surface area contributed by atoms with Crippen LogP contribution in [0.3, 0.4) is 0 Å². The van der Waals surface area contributed by atoms with Crippen molar-refractivity contribution in [2.45, 2.75) is 20.0 Å². The molecule has 1 heterocycles. The van der Waals surface area contributed by atoms with Gasteiger partial charge >= 0.3 is 6.18 Å². The normalized spacial score (nSPS) is 11.4. The Morgan fingerprint density at radius 3 is 2.43 bits per heavy atom. The number of alkyl halides is 3. The molecule has 0 atom stereocenters. The highest BCUT2D eigenvalue weighted by Gasteiger charge is 2.34. The number of hydrogen-bond acceptors (Lipinski definition) is 3. The van der Waals surface area contributed by atoms with E-state index in [1.165, 1.54) is 54.0 Å². The minimum absolute atomic E-state index is 0.0874. The van der Waals surface area contributed by atoms with Gasteiger partial charge in [0.05, 0.1) is 27.4 Å². The molecule has 0 spiro atoms. The molecule has 0 fully saturated rings. The number of amides is 1. The molecule has 0 aliphatic heterocycles. The van der Waals surface area contributed by atoms with Gasteiger partial charge in [-0.2, -0.15) is 13.2 Å². The minimum atomic E-state index is -4.56. The molecule has 0 aliphatic carbocycles. The summed E-state index contributed by atoms with van der Waals surface area (Å²) in [7, 11) is 0. The van der Waals surface area contributed by atoms with E-state index < -0.39 is 22.6 Å². The molecule has 3 rings (SSSR count). The molecule has 0 unspecified atom stereocenters. The molecule has 0 aliphatic rings. The molecule has 0 radical (unpaired) electrons. The number of carbonyl (C=O) groups is 1. The van der Waals surface area contributed by atoms with Crippen LogP contribution in [0.1, 0.15) is 27.3 Å². The molecule has 1 aromatic heterocycles. The predicted octanol–water partition coefficient (Wildman–Crippen LogP) is 6.04. The number of benzene rings is 2. The van der Waals surface area contributed by atoms with Crippen molar-refractivity contribution in [1.82, 2.24) is 4.57 Å². The van der Waals surface area contributed by atoms with Crippen molar-refractivity contribution in [1.29, 1.82) is 0 Å². The topological polar surface area (TPSA) is 77.2 Å². The van der Waals surface area contributed by atoms with Crippen LogP contribution in [0.4, 0.5) is 24.5 Å². The summed E-state index contributed by atoms with van der Waals surface area (Å²) in [5, 5.41) is 13.5. The Morgan fingerprint density at radius 2 is 1.80 bits per heavy atom. The molecule has 0 saturated carbocycles. The number of rotatable bonds is 4. The Labute approximate surface area is 177 Å². The Kier molecular flexibility index (Phi) is 5.71. The maximum atomic E-state index is 13.4. The number of para-hydroxylation sites is 1. The highest BCUT2D eigenvalue weighted by atomic mass is 79.9. The summed E-state index contributed by atoms with van der Waals surface area (Å²) >= 11 is 3.22. The van der Waals surface area contributed by atoms with Crippen molar-refractivity contribution < 1.29 is 22.9 Å². The van der Waals surface area contributed by atoms with E-state index in [2.05, 4.69) is 21.2 Å². The summed E-state index contributed by atoms with van der Waals surface area (Å²) in [5.41, 5.74) is -0.0397. The monoisotopic (exact) mass is 481 g/mol. The Hall–Kier alpha value is -3.14. The summed E-state index contributed by atoms with van der Waals surface area (Å²) in [6, 6.07) is 10.5. The summed E-state index contributed by atoms with van der Waals surface area (Å²) in [4.78, 5) is 23.2. The lowest BCUT2D eigenvalue weighted by Crippen LogP contribution is -2.15. The van der Waals surface area contributed by atoms with Crippen molar-refractivity contribution >= 4 is 33.2 Å². The summed E-state index contributed by atoms with van der Waals surface area (Å²) in [6.45, 7) is 3.14. The van der Waals surface area contributed by atoms with E-state index in [1.54, 1.807) is 6.92 Å². The largest absolute Gasteiger partial charge is 0.418 e. The van der Waals surface area contributed by atoms with E-state index in [9.17, 15) is 28.1 Å². The number of non-ortho nitro benzene ring substituents is 1. The lowest BCUT2D eigenvalue weighted by molar-refractivity contribution is -0.384. The van der Waals surface area contributed by atoms with Crippen LogP contribution in [-0.4, -0.2) is 15.4 Å². The third-order valence-electron chi connectivity index (χ3n) is 4.54. The SMILES string of the molecule is Cc1cc(C(=O)Nc2cc([N+](=O)[O-])ccc2Br)c(C)n1-c1ccccc1C(F)(F)F. The van der Waals surface area contributed by atoms with Gasteiger partial charge in [-0.25, -0.2) is 0 Å². The number of nitro benzene ring substituents is 1. The molecule has 3 aromatic rings. The van der Waals surface area contributed by atoms with Gasteiger partial charge in [-0.1, -0.05) is 12.1 Å². The zero-order chi connectivity index (χ0) is 22.2. The smallest absolute Gasteiger partial charge is 0.321 e. The van der Waals surface area contributed by atoms with Crippen LogP contribution in [-0.2, 0) is 6.18 Å². The number of aromatic nitrogens is 1. The van der Waals surface area contributed by atoms with Gasteiger partial charge in [0.15, 0.2) is 0 Å². The van der Waals surface area contributed by atoms with Crippen molar-refractivity contribution in [3.8, 4) is 5.69 Å². The molecule has 6 nitrogen and oxygen atoms in total. The van der Waals surface area contributed by atoms with Crippen molar-refractivity contribution in [3.05, 3.63) is 85.6 Å². The van der Waals surface area contributed by atoms with Gasteiger partial charge in [-0.3, -0.25) is 14.9 Å². The quantitative estimate of drug-likeness (QED) is 0.364. The Morgan fingerprint density at radius 1 is 1.13 bits per heavy atom.